The Morgan fingerprint density at radius 1 is 1.24 bits per heavy atom. The van der Waals surface area contributed by atoms with Crippen LogP contribution in [0.3, 0.4) is 0 Å². The number of nitrogens with zero attached hydrogens (tertiary/aromatic N) is 1. The van der Waals surface area contributed by atoms with Crippen molar-refractivity contribution >= 4 is 29.4 Å². The van der Waals surface area contributed by atoms with Gasteiger partial charge >= 0.3 is 6.09 Å². The molecule has 1 aromatic carbocycles. The average Bonchev–Trinajstić information content (AvgIpc) is 3.13. The van der Waals surface area contributed by atoms with Crippen molar-refractivity contribution in [2.24, 2.45) is 17.8 Å². The zero-order valence-corrected chi connectivity index (χ0v) is 23.9. The summed E-state index contributed by atoms with van der Waals surface area (Å²) in [6, 6.07) is 8.97. The highest BCUT2D eigenvalue weighted by Crippen LogP contribution is 2.32. The van der Waals surface area contributed by atoms with Crippen LogP contribution in [-0.2, 0) is 19.7 Å². The van der Waals surface area contributed by atoms with Crippen LogP contribution >= 0.6 is 11.6 Å². The predicted octanol–water partition coefficient (Wildman–Crippen LogP) is 6.09. The van der Waals surface area contributed by atoms with E-state index in [1.807, 2.05) is 45.9 Å². The van der Waals surface area contributed by atoms with Crippen molar-refractivity contribution in [3.63, 3.8) is 0 Å². The van der Waals surface area contributed by atoms with Crippen LogP contribution < -0.4 is 10.6 Å². The van der Waals surface area contributed by atoms with Crippen LogP contribution in [0, 0.1) is 29.1 Å². The maximum Gasteiger partial charge on any atom is 0.407 e. The van der Waals surface area contributed by atoms with Crippen LogP contribution in [-0.4, -0.2) is 36.0 Å². The molecule has 1 saturated carbocycles. The van der Waals surface area contributed by atoms with Crippen molar-refractivity contribution in [3.8, 4) is 6.07 Å². The molecule has 1 aliphatic heterocycles. The number of nitrogens with one attached hydrogen (secondary N) is 2. The number of amides is 2. The van der Waals surface area contributed by atoms with E-state index in [0.717, 1.165) is 31.2 Å². The van der Waals surface area contributed by atoms with Gasteiger partial charge in [-0.1, -0.05) is 69.7 Å². The zero-order valence-electron chi connectivity index (χ0n) is 23.1. The third-order valence-electron chi connectivity index (χ3n) is 7.93. The first-order valence-electron chi connectivity index (χ1n) is 13.8. The van der Waals surface area contributed by atoms with Gasteiger partial charge < -0.3 is 15.4 Å². The number of carbonyl (C=O) groups excluding carboxylic acids is 3. The second-order valence-corrected chi connectivity index (χ2v) is 12.8. The van der Waals surface area contributed by atoms with E-state index in [4.69, 9.17) is 16.3 Å². The molecule has 0 bridgehead atoms. The molecule has 3 atom stereocenters. The molecule has 1 heterocycles. The van der Waals surface area contributed by atoms with Crippen molar-refractivity contribution in [1.29, 1.82) is 5.26 Å². The molecule has 2 aliphatic rings. The van der Waals surface area contributed by atoms with Crippen molar-refractivity contribution in [3.05, 3.63) is 34.9 Å². The van der Waals surface area contributed by atoms with Crippen LogP contribution in [0.4, 0.5) is 4.79 Å². The summed E-state index contributed by atoms with van der Waals surface area (Å²) in [4.78, 5) is 38.6. The first kappa shape index (κ1) is 30.0. The molecule has 1 saturated heterocycles. The Morgan fingerprint density at radius 3 is 2.55 bits per heavy atom. The Labute approximate surface area is 232 Å². The maximum absolute atomic E-state index is 13.4. The fourth-order valence-electron chi connectivity index (χ4n) is 5.75. The lowest BCUT2D eigenvalue weighted by molar-refractivity contribution is -0.124. The van der Waals surface area contributed by atoms with E-state index in [0.29, 0.717) is 30.2 Å². The van der Waals surface area contributed by atoms with E-state index < -0.39 is 23.5 Å². The minimum Gasteiger partial charge on any atom is -0.449 e. The molecule has 208 valence electrons. The first-order chi connectivity index (χ1) is 17.9. The normalized spacial score (nSPS) is 21.2. The molecular weight excluding hydrogens is 502 g/mol. The van der Waals surface area contributed by atoms with E-state index in [9.17, 15) is 19.6 Å². The van der Waals surface area contributed by atoms with Crippen LogP contribution in [0.2, 0.25) is 5.02 Å². The number of benzene rings is 1. The molecular formula is C30H42ClN3O4. The molecule has 2 amide bonds. The summed E-state index contributed by atoms with van der Waals surface area (Å²) in [7, 11) is 0. The highest BCUT2D eigenvalue weighted by molar-refractivity contribution is 6.30. The van der Waals surface area contributed by atoms with Gasteiger partial charge in [-0.05, 0) is 56.7 Å². The van der Waals surface area contributed by atoms with Crippen LogP contribution in [0.1, 0.15) is 91.0 Å². The van der Waals surface area contributed by atoms with Crippen molar-refractivity contribution < 1.29 is 19.1 Å². The number of alkyl carbamates (subject to hydrolysis) is 1. The number of halogens is 1. The smallest absolute Gasteiger partial charge is 0.407 e. The average molecular weight is 544 g/mol. The van der Waals surface area contributed by atoms with E-state index >= 15 is 0 Å². The third kappa shape index (κ3) is 8.73. The molecule has 7 nitrogen and oxygen atoms in total. The number of rotatable bonds is 11. The lowest BCUT2D eigenvalue weighted by atomic mass is 9.82. The number of Topliss-reactive ketones (excluding diaryl/α,β-unsaturated/α-hetero) is 1. The van der Waals surface area contributed by atoms with Gasteiger partial charge in [0.1, 0.15) is 6.61 Å². The SMILES string of the molecule is CC1(C)CC(C[C@@H](C#N)CC(=O)[C@H](CC2CCCCC2)NC(=O)OCC(C)(C)c2cccc(Cl)c2)C(=O)N1. The highest BCUT2D eigenvalue weighted by Gasteiger charge is 2.39. The van der Waals surface area contributed by atoms with Crippen molar-refractivity contribution in [2.75, 3.05) is 6.61 Å². The van der Waals surface area contributed by atoms with Crippen LogP contribution in [0.25, 0.3) is 0 Å². The molecule has 1 aliphatic carbocycles. The topological polar surface area (TPSA) is 108 Å². The molecule has 1 aromatic rings. The lowest BCUT2D eigenvalue weighted by Gasteiger charge is -2.28. The van der Waals surface area contributed by atoms with Gasteiger partial charge in [0.05, 0.1) is 18.0 Å². The van der Waals surface area contributed by atoms with E-state index in [1.54, 1.807) is 6.07 Å². The Hall–Kier alpha value is -2.59. The highest BCUT2D eigenvalue weighted by atomic mass is 35.5. The van der Waals surface area contributed by atoms with Gasteiger partial charge in [-0.25, -0.2) is 4.79 Å². The predicted molar refractivity (Wildman–Crippen MR) is 148 cm³/mol. The number of hydrogen-bond donors (Lipinski definition) is 2. The summed E-state index contributed by atoms with van der Waals surface area (Å²) in [5.41, 5.74) is 0.176. The number of ketones is 1. The van der Waals surface area contributed by atoms with Gasteiger partial charge in [-0.15, -0.1) is 0 Å². The third-order valence-corrected chi connectivity index (χ3v) is 8.17. The molecule has 0 radical (unpaired) electrons. The zero-order chi connectivity index (χ0) is 27.9. The molecule has 0 spiro atoms. The molecule has 2 N–H and O–H groups in total. The summed E-state index contributed by atoms with van der Waals surface area (Å²) in [6.07, 6.45) is 6.38. The van der Waals surface area contributed by atoms with Gasteiger partial charge in [0.15, 0.2) is 5.78 Å². The monoisotopic (exact) mass is 543 g/mol. The Bertz CT molecular complexity index is 1040. The van der Waals surface area contributed by atoms with Gasteiger partial charge in [0, 0.05) is 28.3 Å². The van der Waals surface area contributed by atoms with E-state index in [1.165, 1.54) is 6.42 Å². The summed E-state index contributed by atoms with van der Waals surface area (Å²) in [5, 5.41) is 16.2. The molecule has 1 unspecified atom stereocenters. The number of ether oxygens (including phenoxy) is 1. The Kier molecular flexibility index (Phi) is 10.2. The quantitative estimate of drug-likeness (QED) is 0.351. The van der Waals surface area contributed by atoms with Crippen LogP contribution in [0.5, 0.6) is 0 Å². The standard InChI is InChI=1S/C30H42ClN3O4/c1-29(2,23-11-8-12-24(31)16-23)19-38-28(37)33-25(14-20-9-6-5-7-10-20)26(35)15-21(18-32)13-22-17-30(3,4)34-27(22)36/h8,11-12,16,20-22,25H,5-7,9-10,13-15,17,19H2,1-4H3,(H,33,37)(H,34,36)/t21-,22?,25+/m1/s1. The molecule has 3 rings (SSSR count). The van der Waals surface area contributed by atoms with Crippen molar-refractivity contribution in [1.82, 2.24) is 10.6 Å². The summed E-state index contributed by atoms with van der Waals surface area (Å²) in [6.45, 7) is 7.97. The van der Waals surface area contributed by atoms with E-state index in [2.05, 4.69) is 16.7 Å². The fourth-order valence-corrected chi connectivity index (χ4v) is 5.94. The van der Waals surface area contributed by atoms with Gasteiger partial charge in [0.25, 0.3) is 0 Å². The van der Waals surface area contributed by atoms with Crippen LogP contribution in [0.15, 0.2) is 24.3 Å². The number of nitriles is 1. The molecule has 8 heteroatoms. The molecule has 2 fully saturated rings. The van der Waals surface area contributed by atoms with Gasteiger partial charge in [-0.3, -0.25) is 9.59 Å². The largest absolute Gasteiger partial charge is 0.449 e. The Morgan fingerprint density at radius 2 is 1.95 bits per heavy atom. The molecule has 0 aromatic heterocycles. The summed E-state index contributed by atoms with van der Waals surface area (Å²) >= 11 is 6.14. The molecule has 38 heavy (non-hydrogen) atoms. The second kappa shape index (κ2) is 13.0. The number of carbonyl (C=O) groups is 3. The number of hydrogen-bond acceptors (Lipinski definition) is 5. The van der Waals surface area contributed by atoms with E-state index in [-0.39, 0.29) is 36.2 Å². The summed E-state index contributed by atoms with van der Waals surface area (Å²) in [5.74, 6) is -0.759. The maximum atomic E-state index is 13.4. The summed E-state index contributed by atoms with van der Waals surface area (Å²) < 4.78 is 5.58. The van der Waals surface area contributed by atoms with Gasteiger partial charge in [0.2, 0.25) is 5.91 Å². The first-order valence-corrected chi connectivity index (χ1v) is 14.2. The minimum atomic E-state index is -0.718. The Balaban J connectivity index is 1.63. The lowest BCUT2D eigenvalue weighted by Crippen LogP contribution is -2.44. The fraction of sp³-hybridized carbons (Fsp3) is 0.667. The second-order valence-electron chi connectivity index (χ2n) is 12.4. The van der Waals surface area contributed by atoms with Gasteiger partial charge in [-0.2, -0.15) is 5.26 Å². The van der Waals surface area contributed by atoms with Crippen molar-refractivity contribution in [2.45, 2.75) is 102 Å². The minimum absolute atomic E-state index is 0.00633.